The van der Waals surface area contributed by atoms with Gasteiger partial charge in [0.1, 0.15) is 6.61 Å². The second-order valence-corrected chi connectivity index (χ2v) is 10.9. The Kier molecular flexibility index (Phi) is 7.88. The first-order valence-corrected chi connectivity index (χ1v) is 12.0. The molecule has 0 fully saturated rings. The van der Waals surface area contributed by atoms with Crippen molar-refractivity contribution in [3.63, 3.8) is 0 Å². The van der Waals surface area contributed by atoms with E-state index in [1.54, 1.807) is 4.90 Å². The van der Waals surface area contributed by atoms with Gasteiger partial charge in [0.15, 0.2) is 0 Å². The van der Waals surface area contributed by atoms with Crippen LogP contribution >= 0.6 is 0 Å². The second-order valence-electron chi connectivity index (χ2n) is 10.9. The molecular formula is C28H36N2O5. The van der Waals surface area contributed by atoms with Crippen molar-refractivity contribution in [3.8, 4) is 11.1 Å². The summed E-state index contributed by atoms with van der Waals surface area (Å²) in [5.74, 6) is -1.10. The molecule has 3 rings (SSSR count). The number of carboxylic acid groups (broad SMARTS) is 1. The summed E-state index contributed by atoms with van der Waals surface area (Å²) >= 11 is 0. The minimum Gasteiger partial charge on any atom is -0.481 e. The number of carbonyl (C=O) groups is 3. The zero-order valence-electron chi connectivity index (χ0n) is 21.3. The van der Waals surface area contributed by atoms with Gasteiger partial charge in [-0.05, 0) is 48.4 Å². The molecule has 0 bridgehead atoms. The molecule has 2 amide bonds. The van der Waals surface area contributed by atoms with Crippen molar-refractivity contribution in [2.75, 3.05) is 19.7 Å². The molecular weight excluding hydrogens is 444 g/mol. The fraction of sp³-hybridized carbons (Fsp3) is 0.464. The van der Waals surface area contributed by atoms with Crippen LogP contribution in [0.1, 0.15) is 64.5 Å². The lowest BCUT2D eigenvalue weighted by molar-refractivity contribution is -0.141. The number of rotatable bonds is 9. The molecule has 0 saturated heterocycles. The molecule has 0 spiro atoms. The normalized spacial score (nSPS) is 13.1. The van der Waals surface area contributed by atoms with E-state index in [9.17, 15) is 14.4 Å². The minimum atomic E-state index is -0.941. The van der Waals surface area contributed by atoms with E-state index in [0.29, 0.717) is 0 Å². The van der Waals surface area contributed by atoms with Crippen molar-refractivity contribution in [1.82, 2.24) is 10.2 Å². The third-order valence-corrected chi connectivity index (χ3v) is 6.34. The van der Waals surface area contributed by atoms with Gasteiger partial charge < -0.3 is 20.1 Å². The Labute approximate surface area is 207 Å². The van der Waals surface area contributed by atoms with Crippen LogP contribution in [0.15, 0.2) is 48.5 Å². The maximum Gasteiger partial charge on any atom is 0.407 e. The Morgan fingerprint density at radius 2 is 1.49 bits per heavy atom. The number of nitrogens with zero attached hydrogens (tertiary/aromatic N) is 1. The number of amides is 2. The first-order valence-electron chi connectivity index (χ1n) is 12.0. The van der Waals surface area contributed by atoms with Gasteiger partial charge in [-0.2, -0.15) is 0 Å². The number of fused-ring (bicyclic) bond motifs is 3. The third kappa shape index (κ3) is 6.62. The summed E-state index contributed by atoms with van der Waals surface area (Å²) in [7, 11) is 0. The highest BCUT2D eigenvalue weighted by Crippen LogP contribution is 2.44. The number of hydrogen-bond donors (Lipinski definition) is 2. The molecule has 2 N–H and O–H groups in total. The molecule has 0 heterocycles. The fourth-order valence-electron chi connectivity index (χ4n) is 4.57. The van der Waals surface area contributed by atoms with Crippen molar-refractivity contribution in [2.24, 2.45) is 5.41 Å². The molecule has 0 atom stereocenters. The van der Waals surface area contributed by atoms with Crippen molar-refractivity contribution in [1.29, 1.82) is 0 Å². The van der Waals surface area contributed by atoms with E-state index in [0.717, 1.165) is 11.1 Å². The van der Waals surface area contributed by atoms with Gasteiger partial charge in [-0.15, -0.1) is 0 Å². The van der Waals surface area contributed by atoms with Crippen LogP contribution in [0.3, 0.4) is 0 Å². The molecule has 0 radical (unpaired) electrons. The monoisotopic (exact) mass is 480 g/mol. The Morgan fingerprint density at radius 1 is 0.943 bits per heavy atom. The first kappa shape index (κ1) is 26.3. The zero-order chi connectivity index (χ0) is 25.8. The summed E-state index contributed by atoms with van der Waals surface area (Å²) in [6.07, 6.45) is -0.458. The van der Waals surface area contributed by atoms with Crippen LogP contribution in [0, 0.1) is 5.41 Å². The predicted molar refractivity (Wildman–Crippen MR) is 135 cm³/mol. The van der Waals surface area contributed by atoms with Crippen LogP contribution in [-0.2, 0) is 14.3 Å². The highest BCUT2D eigenvalue weighted by Gasteiger charge is 2.32. The van der Waals surface area contributed by atoms with Crippen LogP contribution in [0.5, 0.6) is 0 Å². The highest BCUT2D eigenvalue weighted by atomic mass is 16.5. The van der Waals surface area contributed by atoms with Gasteiger partial charge in [-0.25, -0.2) is 4.79 Å². The van der Waals surface area contributed by atoms with E-state index < -0.39 is 23.0 Å². The number of nitrogens with one attached hydrogen (secondary N) is 1. The molecule has 2 aromatic rings. The smallest absolute Gasteiger partial charge is 0.407 e. The van der Waals surface area contributed by atoms with Gasteiger partial charge in [0, 0.05) is 31.0 Å². The van der Waals surface area contributed by atoms with E-state index in [-0.39, 0.29) is 44.4 Å². The summed E-state index contributed by atoms with van der Waals surface area (Å²) in [5.41, 5.74) is 3.61. The molecule has 7 nitrogen and oxygen atoms in total. The quantitative estimate of drug-likeness (QED) is 0.524. The van der Waals surface area contributed by atoms with Crippen LogP contribution in [0.2, 0.25) is 0 Å². The zero-order valence-corrected chi connectivity index (χ0v) is 21.3. The Bertz CT molecular complexity index is 1040. The number of ether oxygens (including phenoxy) is 1. The number of carbonyl (C=O) groups excluding carboxylic acids is 2. The van der Waals surface area contributed by atoms with Crippen LogP contribution in [0.25, 0.3) is 11.1 Å². The van der Waals surface area contributed by atoms with E-state index in [1.807, 2.05) is 58.9 Å². The SMILES string of the molecule is CC(C)(CNC(=O)OCC1c2ccccc2-c2ccccc21)CC(=O)N(CCC(=O)O)C(C)(C)C. The molecule has 0 saturated carbocycles. The average Bonchev–Trinajstić information content (AvgIpc) is 3.09. The summed E-state index contributed by atoms with van der Waals surface area (Å²) in [5, 5.41) is 11.8. The summed E-state index contributed by atoms with van der Waals surface area (Å²) in [6.45, 7) is 10.1. The van der Waals surface area contributed by atoms with E-state index in [1.165, 1.54) is 11.1 Å². The molecule has 35 heavy (non-hydrogen) atoms. The van der Waals surface area contributed by atoms with Gasteiger partial charge in [0.05, 0.1) is 6.42 Å². The Morgan fingerprint density at radius 3 is 2.00 bits per heavy atom. The summed E-state index contributed by atoms with van der Waals surface area (Å²) < 4.78 is 5.60. The third-order valence-electron chi connectivity index (χ3n) is 6.34. The van der Waals surface area contributed by atoms with Gasteiger partial charge in [-0.1, -0.05) is 62.4 Å². The second kappa shape index (κ2) is 10.5. The van der Waals surface area contributed by atoms with Gasteiger partial charge in [-0.3, -0.25) is 9.59 Å². The van der Waals surface area contributed by atoms with Crippen LogP contribution < -0.4 is 5.32 Å². The van der Waals surface area contributed by atoms with Crippen LogP contribution in [0.4, 0.5) is 4.79 Å². The average molecular weight is 481 g/mol. The fourth-order valence-corrected chi connectivity index (χ4v) is 4.57. The van der Waals surface area contributed by atoms with Crippen molar-refractivity contribution < 1.29 is 24.2 Å². The molecule has 0 unspecified atom stereocenters. The predicted octanol–water partition coefficient (Wildman–Crippen LogP) is 5.04. The number of benzene rings is 2. The number of aliphatic carboxylic acids is 1. The molecule has 0 aliphatic heterocycles. The Hall–Kier alpha value is -3.35. The Balaban J connectivity index is 1.55. The van der Waals surface area contributed by atoms with Gasteiger partial charge in [0.2, 0.25) is 5.91 Å². The maximum atomic E-state index is 13.0. The van der Waals surface area contributed by atoms with E-state index >= 15 is 0 Å². The maximum absolute atomic E-state index is 13.0. The van der Waals surface area contributed by atoms with Crippen molar-refractivity contribution >= 4 is 18.0 Å². The molecule has 0 aromatic heterocycles. The lowest BCUT2D eigenvalue weighted by atomic mass is 9.87. The first-order chi connectivity index (χ1) is 16.4. The summed E-state index contributed by atoms with van der Waals surface area (Å²) in [6, 6.07) is 16.3. The number of alkyl carbamates (subject to hydrolysis) is 1. The number of carboxylic acids is 1. The molecule has 2 aromatic carbocycles. The van der Waals surface area contributed by atoms with Gasteiger partial charge >= 0.3 is 12.1 Å². The van der Waals surface area contributed by atoms with Crippen molar-refractivity contribution in [2.45, 2.75) is 58.9 Å². The van der Waals surface area contributed by atoms with E-state index in [4.69, 9.17) is 9.84 Å². The largest absolute Gasteiger partial charge is 0.481 e. The molecule has 1 aliphatic carbocycles. The minimum absolute atomic E-state index is 0.0164. The lowest BCUT2D eigenvalue weighted by Crippen LogP contribution is -2.48. The van der Waals surface area contributed by atoms with E-state index in [2.05, 4.69) is 29.6 Å². The topological polar surface area (TPSA) is 95.9 Å². The highest BCUT2D eigenvalue weighted by molar-refractivity contribution is 5.80. The summed E-state index contributed by atoms with van der Waals surface area (Å²) in [4.78, 5) is 38.1. The van der Waals surface area contributed by atoms with Crippen LogP contribution in [-0.4, -0.2) is 53.2 Å². The van der Waals surface area contributed by atoms with Crippen molar-refractivity contribution in [3.05, 3.63) is 59.7 Å². The lowest BCUT2D eigenvalue weighted by Gasteiger charge is -2.37. The van der Waals surface area contributed by atoms with Gasteiger partial charge in [0.25, 0.3) is 0 Å². The molecule has 7 heteroatoms. The molecule has 188 valence electrons. The number of hydrogen-bond acceptors (Lipinski definition) is 4. The molecule has 1 aliphatic rings. The standard InChI is InChI=1S/C28H36N2O5/c1-27(2,3)30(15-14-25(32)33)24(31)16-28(4,5)18-29-26(34)35-17-23-21-12-8-6-10-19(21)20-11-7-9-13-22(20)23/h6-13,23H,14-18H2,1-5H3,(H,29,34)(H,32,33).